The van der Waals surface area contributed by atoms with E-state index in [1.165, 1.54) is 31.4 Å². The molecule has 138 valence electrons. The Hall–Kier alpha value is -1.72. The van der Waals surface area contributed by atoms with Crippen molar-refractivity contribution in [1.29, 1.82) is 0 Å². The summed E-state index contributed by atoms with van der Waals surface area (Å²) in [4.78, 5) is 7.58. The molecule has 5 nitrogen and oxygen atoms in total. The van der Waals surface area contributed by atoms with Gasteiger partial charge in [0, 0.05) is 25.1 Å². The Labute approximate surface area is 154 Å². The van der Waals surface area contributed by atoms with Crippen molar-refractivity contribution < 1.29 is 9.26 Å². The lowest BCUT2D eigenvalue weighted by molar-refractivity contribution is 0.0552. The molecule has 26 heavy (non-hydrogen) atoms. The minimum absolute atomic E-state index is 0.0349. The zero-order valence-corrected chi connectivity index (χ0v) is 15.4. The topological polar surface area (TPSA) is 51.4 Å². The summed E-state index contributed by atoms with van der Waals surface area (Å²) in [5.74, 6) is 2.09. The first-order valence-electron chi connectivity index (χ1n) is 9.94. The summed E-state index contributed by atoms with van der Waals surface area (Å²) in [5.41, 5.74) is 1.38. The molecular formula is C21H27N3O2. The van der Waals surface area contributed by atoms with Crippen LogP contribution in [0, 0.1) is 0 Å². The van der Waals surface area contributed by atoms with Crippen LogP contribution in [0.2, 0.25) is 0 Å². The first-order valence-corrected chi connectivity index (χ1v) is 9.94. The van der Waals surface area contributed by atoms with E-state index in [0.717, 1.165) is 31.0 Å². The summed E-state index contributed by atoms with van der Waals surface area (Å²) in [6, 6.07) is 11.9. The molecule has 1 aliphatic carbocycles. The maximum Gasteiger partial charge on any atom is 0.235 e. The molecule has 0 radical (unpaired) electrons. The molecule has 0 bridgehead atoms. The lowest BCUT2D eigenvalue weighted by Crippen LogP contribution is -2.39. The van der Waals surface area contributed by atoms with Gasteiger partial charge in [-0.2, -0.15) is 4.98 Å². The molecule has 3 aliphatic rings. The fourth-order valence-electron chi connectivity index (χ4n) is 5.35. The number of rotatable bonds is 5. The minimum Gasteiger partial charge on any atom is -0.384 e. The third-order valence-electron chi connectivity index (χ3n) is 6.83. The van der Waals surface area contributed by atoms with Gasteiger partial charge in [-0.1, -0.05) is 41.9 Å². The number of nitrogens with zero attached hydrogens (tertiary/aromatic N) is 3. The number of methoxy groups -OCH3 is 1. The Bertz CT molecular complexity index is 756. The Morgan fingerprint density at radius 3 is 2.81 bits per heavy atom. The SMILES string of the molecule is COCC1(c2nc([C@H]3C[C@@H](c4ccccc4)N4CCC[C@H]34)no2)CCC1. The predicted molar refractivity (Wildman–Crippen MR) is 98.0 cm³/mol. The van der Waals surface area contributed by atoms with Crippen LogP contribution in [-0.4, -0.2) is 41.3 Å². The fourth-order valence-corrected chi connectivity index (χ4v) is 5.35. The van der Waals surface area contributed by atoms with Crippen molar-refractivity contribution in [2.24, 2.45) is 0 Å². The Kier molecular flexibility index (Phi) is 4.09. The van der Waals surface area contributed by atoms with E-state index in [1.54, 1.807) is 7.11 Å². The van der Waals surface area contributed by atoms with Gasteiger partial charge in [-0.05, 0) is 44.2 Å². The monoisotopic (exact) mass is 353 g/mol. The van der Waals surface area contributed by atoms with E-state index in [1.807, 2.05) is 0 Å². The maximum absolute atomic E-state index is 5.77. The molecule has 2 aromatic rings. The molecule has 5 heteroatoms. The first-order chi connectivity index (χ1) is 12.8. The molecule has 1 saturated carbocycles. The van der Waals surface area contributed by atoms with Gasteiger partial charge in [0.15, 0.2) is 5.82 Å². The number of benzene rings is 1. The molecule has 2 aliphatic heterocycles. The van der Waals surface area contributed by atoms with Crippen molar-refractivity contribution in [3.63, 3.8) is 0 Å². The van der Waals surface area contributed by atoms with Crippen molar-refractivity contribution in [3.8, 4) is 0 Å². The molecular weight excluding hydrogens is 326 g/mol. The maximum atomic E-state index is 5.77. The van der Waals surface area contributed by atoms with Crippen molar-refractivity contribution in [3.05, 3.63) is 47.6 Å². The number of hydrogen-bond acceptors (Lipinski definition) is 5. The zero-order chi connectivity index (χ0) is 17.6. The summed E-state index contributed by atoms with van der Waals surface area (Å²) in [6.45, 7) is 1.86. The molecule has 1 aromatic heterocycles. The van der Waals surface area contributed by atoms with E-state index in [2.05, 4.69) is 40.4 Å². The summed E-state index contributed by atoms with van der Waals surface area (Å²) in [7, 11) is 1.76. The highest BCUT2D eigenvalue weighted by Crippen LogP contribution is 2.49. The Morgan fingerprint density at radius 1 is 1.23 bits per heavy atom. The molecule has 2 saturated heterocycles. The quantitative estimate of drug-likeness (QED) is 0.818. The summed E-state index contributed by atoms with van der Waals surface area (Å²) < 4.78 is 11.2. The van der Waals surface area contributed by atoms with E-state index >= 15 is 0 Å². The van der Waals surface area contributed by atoms with Gasteiger partial charge in [0.2, 0.25) is 5.89 Å². The predicted octanol–water partition coefficient (Wildman–Crippen LogP) is 3.83. The summed E-state index contributed by atoms with van der Waals surface area (Å²) in [5, 5.41) is 4.45. The molecule has 0 N–H and O–H groups in total. The number of ether oxygens (including phenoxy) is 1. The number of aromatic nitrogens is 2. The molecule has 3 atom stereocenters. The van der Waals surface area contributed by atoms with Gasteiger partial charge in [-0.3, -0.25) is 4.90 Å². The van der Waals surface area contributed by atoms with Crippen LogP contribution in [0.1, 0.15) is 67.8 Å². The molecule has 5 rings (SSSR count). The van der Waals surface area contributed by atoms with Crippen LogP contribution in [0.4, 0.5) is 0 Å². The van der Waals surface area contributed by atoms with Crippen molar-refractivity contribution in [2.45, 2.75) is 61.9 Å². The van der Waals surface area contributed by atoms with E-state index in [4.69, 9.17) is 14.2 Å². The zero-order valence-electron chi connectivity index (χ0n) is 15.4. The third kappa shape index (κ3) is 2.52. The van der Waals surface area contributed by atoms with Gasteiger partial charge in [0.05, 0.1) is 12.0 Å². The largest absolute Gasteiger partial charge is 0.384 e. The second-order valence-corrected chi connectivity index (χ2v) is 8.24. The van der Waals surface area contributed by atoms with Crippen LogP contribution < -0.4 is 0 Å². The van der Waals surface area contributed by atoms with Crippen molar-refractivity contribution in [1.82, 2.24) is 15.0 Å². The normalized spacial score (nSPS) is 30.3. The second-order valence-electron chi connectivity index (χ2n) is 8.24. The fraction of sp³-hybridized carbons (Fsp3) is 0.619. The van der Waals surface area contributed by atoms with Gasteiger partial charge in [-0.15, -0.1) is 0 Å². The van der Waals surface area contributed by atoms with Crippen LogP contribution in [0.3, 0.4) is 0 Å². The number of fused-ring (bicyclic) bond motifs is 1. The molecule has 1 aromatic carbocycles. The highest BCUT2D eigenvalue weighted by atomic mass is 16.5. The molecule has 3 fully saturated rings. The van der Waals surface area contributed by atoms with E-state index in [0.29, 0.717) is 24.6 Å². The molecule has 0 spiro atoms. The Balaban J connectivity index is 1.42. The highest BCUT2D eigenvalue weighted by Gasteiger charge is 2.48. The second kappa shape index (κ2) is 6.46. The van der Waals surface area contributed by atoms with E-state index in [-0.39, 0.29) is 5.41 Å². The lowest BCUT2D eigenvalue weighted by atomic mass is 9.69. The highest BCUT2D eigenvalue weighted by molar-refractivity contribution is 5.24. The van der Waals surface area contributed by atoms with Crippen molar-refractivity contribution >= 4 is 0 Å². The van der Waals surface area contributed by atoms with Crippen LogP contribution >= 0.6 is 0 Å². The molecule has 0 unspecified atom stereocenters. The smallest absolute Gasteiger partial charge is 0.235 e. The van der Waals surface area contributed by atoms with Gasteiger partial charge in [0.25, 0.3) is 0 Å². The summed E-state index contributed by atoms with van der Waals surface area (Å²) in [6.07, 6.45) is 7.00. The van der Waals surface area contributed by atoms with Gasteiger partial charge in [0.1, 0.15) is 0 Å². The van der Waals surface area contributed by atoms with E-state index < -0.39 is 0 Å². The average molecular weight is 353 g/mol. The van der Waals surface area contributed by atoms with Crippen LogP contribution in [-0.2, 0) is 10.2 Å². The van der Waals surface area contributed by atoms with Crippen LogP contribution in [0.15, 0.2) is 34.9 Å². The minimum atomic E-state index is -0.0349. The summed E-state index contributed by atoms with van der Waals surface area (Å²) >= 11 is 0. The van der Waals surface area contributed by atoms with Gasteiger partial charge >= 0.3 is 0 Å². The molecule has 0 amide bonds. The van der Waals surface area contributed by atoms with Crippen molar-refractivity contribution in [2.75, 3.05) is 20.3 Å². The number of hydrogen-bond donors (Lipinski definition) is 0. The van der Waals surface area contributed by atoms with Gasteiger partial charge < -0.3 is 9.26 Å². The van der Waals surface area contributed by atoms with Crippen LogP contribution in [0.25, 0.3) is 0 Å². The molecule has 3 heterocycles. The lowest BCUT2D eigenvalue weighted by Gasteiger charge is -2.37. The Morgan fingerprint density at radius 2 is 2.08 bits per heavy atom. The third-order valence-corrected chi connectivity index (χ3v) is 6.83. The van der Waals surface area contributed by atoms with E-state index in [9.17, 15) is 0 Å². The van der Waals surface area contributed by atoms with Crippen LogP contribution in [0.5, 0.6) is 0 Å². The standard InChI is InChI=1S/C21H27N3O2/c1-25-14-21(10-6-11-21)20-22-19(23-26-20)16-13-18(15-7-3-2-4-8-15)24-12-5-9-17(16)24/h2-4,7-8,16-18H,5-6,9-14H2,1H3/t16-,17+,18-/m0/s1. The first kappa shape index (κ1) is 16.5. The van der Waals surface area contributed by atoms with Gasteiger partial charge in [-0.25, -0.2) is 0 Å². The average Bonchev–Trinajstić information content (AvgIpc) is 3.35.